The van der Waals surface area contributed by atoms with Crippen LogP contribution in [-0.4, -0.2) is 11.1 Å². The van der Waals surface area contributed by atoms with Crippen LogP contribution in [0.5, 0.6) is 5.75 Å². The second-order valence-electron chi connectivity index (χ2n) is 4.38. The Morgan fingerprint density at radius 3 is 2.27 bits per heavy atom. The summed E-state index contributed by atoms with van der Waals surface area (Å²) < 4.78 is 57.2. The summed E-state index contributed by atoms with van der Waals surface area (Å²) in [7, 11) is 0. The van der Waals surface area contributed by atoms with Gasteiger partial charge in [0.1, 0.15) is 12.2 Å². The lowest BCUT2D eigenvalue weighted by molar-refractivity contribution is -0.138. The fourth-order valence-corrected chi connectivity index (χ4v) is 1.85. The normalized spacial score (nSPS) is 11.3. The van der Waals surface area contributed by atoms with E-state index >= 15 is 0 Å². The number of rotatable bonds is 4. The Hall–Kier alpha value is -2.57. The minimum Gasteiger partial charge on any atom is -0.486 e. The highest BCUT2D eigenvalue weighted by Gasteiger charge is 2.38. The van der Waals surface area contributed by atoms with Crippen molar-refractivity contribution in [3.63, 3.8) is 0 Å². The Labute approximate surface area is 122 Å². The van der Waals surface area contributed by atoms with Gasteiger partial charge in [-0.1, -0.05) is 30.3 Å². The van der Waals surface area contributed by atoms with E-state index in [1.807, 2.05) is 0 Å². The van der Waals surface area contributed by atoms with Gasteiger partial charge in [0.15, 0.2) is 11.6 Å². The maximum absolute atomic E-state index is 14.0. The van der Waals surface area contributed by atoms with Crippen LogP contribution in [0.3, 0.4) is 0 Å². The number of ether oxygens (including phenoxy) is 1. The smallest absolute Gasteiger partial charge is 0.417 e. The van der Waals surface area contributed by atoms with Gasteiger partial charge in [0, 0.05) is 0 Å². The van der Waals surface area contributed by atoms with Crippen LogP contribution in [-0.2, 0) is 12.8 Å². The van der Waals surface area contributed by atoms with E-state index in [0.717, 1.165) is 6.07 Å². The number of carboxylic acid groups (broad SMARTS) is 1. The molecule has 0 saturated heterocycles. The first-order valence-electron chi connectivity index (χ1n) is 6.10. The minimum absolute atomic E-state index is 0.0951. The second-order valence-corrected chi connectivity index (χ2v) is 4.38. The van der Waals surface area contributed by atoms with E-state index < -0.39 is 34.8 Å². The number of aromatic carboxylic acids is 1. The molecule has 0 aromatic heterocycles. The molecule has 7 heteroatoms. The molecule has 0 amide bonds. The summed E-state index contributed by atoms with van der Waals surface area (Å²) in [5.74, 6) is -4.09. The van der Waals surface area contributed by atoms with Crippen molar-refractivity contribution in [3.8, 4) is 5.75 Å². The molecule has 0 spiro atoms. The van der Waals surface area contributed by atoms with E-state index in [0.29, 0.717) is 11.6 Å². The lowest BCUT2D eigenvalue weighted by Gasteiger charge is -2.14. The fourth-order valence-electron chi connectivity index (χ4n) is 1.85. The maximum atomic E-state index is 14.0. The number of halogens is 4. The van der Waals surface area contributed by atoms with Crippen LogP contribution in [0.15, 0.2) is 42.5 Å². The van der Waals surface area contributed by atoms with Gasteiger partial charge in [-0.05, 0) is 17.7 Å². The van der Waals surface area contributed by atoms with Crippen molar-refractivity contribution >= 4 is 5.97 Å². The molecule has 0 aliphatic rings. The van der Waals surface area contributed by atoms with Crippen LogP contribution < -0.4 is 4.74 Å². The first kappa shape index (κ1) is 15.8. The molecular formula is C15H10F4O3. The lowest BCUT2D eigenvalue weighted by Crippen LogP contribution is -2.15. The molecule has 2 rings (SSSR count). The van der Waals surface area contributed by atoms with Crippen molar-refractivity contribution in [3.05, 3.63) is 65.0 Å². The average Bonchev–Trinajstić information content (AvgIpc) is 2.45. The Morgan fingerprint density at radius 2 is 1.73 bits per heavy atom. The van der Waals surface area contributed by atoms with Gasteiger partial charge in [0.25, 0.3) is 0 Å². The molecule has 0 atom stereocenters. The van der Waals surface area contributed by atoms with Gasteiger partial charge < -0.3 is 9.84 Å². The highest BCUT2D eigenvalue weighted by atomic mass is 19.4. The van der Waals surface area contributed by atoms with E-state index in [1.165, 1.54) is 0 Å². The van der Waals surface area contributed by atoms with Crippen LogP contribution in [0.1, 0.15) is 21.5 Å². The van der Waals surface area contributed by atoms with Crippen LogP contribution in [0.2, 0.25) is 0 Å². The third-order valence-electron chi connectivity index (χ3n) is 2.86. The summed E-state index contributed by atoms with van der Waals surface area (Å²) in [5, 5.41) is 8.82. The number of carboxylic acids is 1. The first-order chi connectivity index (χ1) is 10.3. The van der Waals surface area contributed by atoms with E-state index in [2.05, 4.69) is 0 Å². The Kier molecular flexibility index (Phi) is 4.35. The molecule has 0 heterocycles. The van der Waals surface area contributed by atoms with E-state index in [4.69, 9.17) is 9.84 Å². The molecule has 116 valence electrons. The molecule has 22 heavy (non-hydrogen) atoms. The van der Waals surface area contributed by atoms with Gasteiger partial charge >= 0.3 is 12.1 Å². The van der Waals surface area contributed by atoms with Gasteiger partial charge in [-0.3, -0.25) is 0 Å². The zero-order valence-corrected chi connectivity index (χ0v) is 11.0. The summed E-state index contributed by atoms with van der Waals surface area (Å²) >= 11 is 0. The van der Waals surface area contributed by atoms with Gasteiger partial charge in [-0.15, -0.1) is 0 Å². The molecule has 0 aliphatic heterocycles. The van der Waals surface area contributed by atoms with E-state index in [-0.39, 0.29) is 6.61 Å². The Morgan fingerprint density at radius 1 is 1.09 bits per heavy atom. The minimum atomic E-state index is -4.97. The number of alkyl halides is 3. The highest BCUT2D eigenvalue weighted by molar-refractivity contribution is 5.90. The molecule has 1 N–H and O–H groups in total. The third-order valence-corrected chi connectivity index (χ3v) is 2.86. The summed E-state index contributed by atoms with van der Waals surface area (Å²) in [4.78, 5) is 10.9. The van der Waals surface area contributed by atoms with Crippen molar-refractivity contribution in [1.82, 2.24) is 0 Å². The number of hydrogen-bond acceptors (Lipinski definition) is 2. The Balaban J connectivity index is 2.34. The van der Waals surface area contributed by atoms with Crippen molar-refractivity contribution in [1.29, 1.82) is 0 Å². The maximum Gasteiger partial charge on any atom is 0.417 e. The Bertz CT molecular complexity index is 681. The van der Waals surface area contributed by atoms with Crippen molar-refractivity contribution in [2.45, 2.75) is 12.8 Å². The van der Waals surface area contributed by atoms with Crippen molar-refractivity contribution in [2.75, 3.05) is 0 Å². The van der Waals surface area contributed by atoms with Gasteiger partial charge in [-0.25, -0.2) is 9.18 Å². The zero-order valence-electron chi connectivity index (χ0n) is 11.0. The topological polar surface area (TPSA) is 46.5 Å². The van der Waals surface area contributed by atoms with Crippen LogP contribution >= 0.6 is 0 Å². The molecule has 3 nitrogen and oxygen atoms in total. The highest BCUT2D eigenvalue weighted by Crippen LogP contribution is 2.36. The average molecular weight is 314 g/mol. The molecule has 2 aromatic carbocycles. The predicted molar refractivity (Wildman–Crippen MR) is 69.1 cm³/mol. The van der Waals surface area contributed by atoms with Gasteiger partial charge in [0.05, 0.1) is 5.56 Å². The number of benzene rings is 2. The summed E-state index contributed by atoms with van der Waals surface area (Å²) in [6, 6.07) is 9.81. The zero-order chi connectivity index (χ0) is 16.3. The van der Waals surface area contributed by atoms with Crippen molar-refractivity contribution in [2.24, 2.45) is 0 Å². The third kappa shape index (κ3) is 3.36. The second kappa shape index (κ2) is 6.05. The van der Waals surface area contributed by atoms with E-state index in [1.54, 1.807) is 30.3 Å². The predicted octanol–water partition coefficient (Wildman–Crippen LogP) is 4.12. The monoisotopic (exact) mass is 314 g/mol. The molecule has 0 radical (unpaired) electrons. The number of carbonyl (C=O) groups is 1. The quantitative estimate of drug-likeness (QED) is 0.864. The lowest BCUT2D eigenvalue weighted by atomic mass is 10.1. The molecule has 0 bridgehead atoms. The molecular weight excluding hydrogens is 304 g/mol. The van der Waals surface area contributed by atoms with Crippen LogP contribution in [0, 0.1) is 5.82 Å². The van der Waals surface area contributed by atoms with E-state index in [9.17, 15) is 22.4 Å². The summed E-state index contributed by atoms with van der Waals surface area (Å²) in [5.41, 5.74) is -2.33. The van der Waals surface area contributed by atoms with Crippen LogP contribution in [0.25, 0.3) is 0 Å². The molecule has 0 unspecified atom stereocenters. The molecule has 0 aliphatic carbocycles. The fraction of sp³-hybridized carbons (Fsp3) is 0.133. The van der Waals surface area contributed by atoms with Gasteiger partial charge in [0.2, 0.25) is 0 Å². The van der Waals surface area contributed by atoms with Gasteiger partial charge in [-0.2, -0.15) is 13.2 Å². The molecule has 0 fully saturated rings. The molecule has 0 saturated carbocycles. The van der Waals surface area contributed by atoms with Crippen molar-refractivity contribution < 1.29 is 32.2 Å². The van der Waals surface area contributed by atoms with Crippen LogP contribution in [0.4, 0.5) is 17.6 Å². The standard InChI is InChI=1S/C15H10F4O3/c16-13-11(22-8-9-4-2-1-3-5-9)7-6-10(15(17,18)19)12(13)14(20)21/h1-7H,8H2,(H,20,21). The first-order valence-corrected chi connectivity index (χ1v) is 6.10. The number of hydrogen-bond donors (Lipinski definition) is 1. The SMILES string of the molecule is O=C(O)c1c(C(F)(F)F)ccc(OCc2ccccc2)c1F. The summed E-state index contributed by atoms with van der Waals surface area (Å²) in [6.45, 7) is -0.0951. The molecule has 2 aromatic rings. The summed E-state index contributed by atoms with van der Waals surface area (Å²) in [6.07, 6.45) is -4.97. The largest absolute Gasteiger partial charge is 0.486 e.